The zero-order valence-electron chi connectivity index (χ0n) is 14.6. The Balaban J connectivity index is 0.00000484. The lowest BCUT2D eigenvalue weighted by Gasteiger charge is -2.22. The first kappa shape index (κ1) is 21.7. The number of likely N-dealkylation sites (N-methyl/N-ethyl adjacent to an activating group) is 1. The van der Waals surface area contributed by atoms with Crippen LogP contribution in [0.3, 0.4) is 0 Å². The van der Waals surface area contributed by atoms with Gasteiger partial charge in [-0.2, -0.15) is 0 Å². The van der Waals surface area contributed by atoms with Crippen molar-refractivity contribution in [1.82, 2.24) is 10.2 Å². The van der Waals surface area contributed by atoms with E-state index in [-0.39, 0.29) is 18.3 Å². The molecule has 3 N–H and O–H groups in total. The number of hydrogen-bond acceptors (Lipinski definition) is 4. The number of benzene rings is 1. The zero-order chi connectivity index (χ0) is 16.6. The summed E-state index contributed by atoms with van der Waals surface area (Å²) < 4.78 is 5.63. The third kappa shape index (κ3) is 8.21. The number of ether oxygens (including phenoxy) is 1. The molecule has 0 fully saturated rings. The van der Waals surface area contributed by atoms with Crippen LogP contribution >= 0.6 is 12.4 Å². The number of hydrogen-bond donors (Lipinski definition) is 2. The molecule has 1 amide bonds. The molecular weight excluding hydrogens is 314 g/mol. The Hall–Kier alpha value is -1.30. The molecule has 1 rings (SSSR count). The molecule has 0 aliphatic carbocycles. The molecule has 0 saturated carbocycles. The van der Waals surface area contributed by atoms with Crippen molar-refractivity contribution in [3.8, 4) is 5.75 Å². The molecule has 0 aromatic heterocycles. The molecule has 0 aliphatic heterocycles. The Kier molecular flexibility index (Phi) is 9.88. The summed E-state index contributed by atoms with van der Waals surface area (Å²) in [5, 5.41) is 2.89. The van der Waals surface area contributed by atoms with Gasteiger partial charge in [0.15, 0.2) is 0 Å². The minimum Gasteiger partial charge on any atom is -0.492 e. The Morgan fingerprint density at radius 3 is 2.43 bits per heavy atom. The van der Waals surface area contributed by atoms with Gasteiger partial charge in [-0.25, -0.2) is 0 Å². The van der Waals surface area contributed by atoms with E-state index in [9.17, 15) is 4.79 Å². The van der Waals surface area contributed by atoms with Crippen molar-refractivity contribution < 1.29 is 9.53 Å². The highest BCUT2D eigenvalue weighted by Gasteiger charge is 2.26. The highest BCUT2D eigenvalue weighted by molar-refractivity contribution is 5.85. The molecule has 0 heterocycles. The maximum atomic E-state index is 12.0. The molecule has 0 spiro atoms. The number of nitrogens with two attached hydrogens (primary N) is 1. The number of carbonyl (C=O) groups excluding carboxylic acids is 1. The Morgan fingerprint density at radius 1 is 1.30 bits per heavy atom. The van der Waals surface area contributed by atoms with Gasteiger partial charge in [0.25, 0.3) is 0 Å². The topological polar surface area (TPSA) is 67.6 Å². The highest BCUT2D eigenvalue weighted by Crippen LogP contribution is 2.13. The van der Waals surface area contributed by atoms with Gasteiger partial charge >= 0.3 is 0 Å². The van der Waals surface area contributed by atoms with Crippen LogP contribution in [-0.2, 0) is 11.3 Å². The molecule has 1 aromatic rings. The minimum absolute atomic E-state index is 0. The SMILES string of the molecule is CCCC(C)(N)C(=O)NCc1ccc(OCCN(C)C)cc1.Cl. The molecule has 1 aromatic carbocycles. The summed E-state index contributed by atoms with van der Waals surface area (Å²) in [6.07, 6.45) is 1.57. The molecule has 0 aliphatic rings. The quantitative estimate of drug-likeness (QED) is 0.721. The predicted octanol–water partition coefficient (Wildman–Crippen LogP) is 2.18. The van der Waals surface area contributed by atoms with Crippen LogP contribution in [0.5, 0.6) is 5.75 Å². The van der Waals surface area contributed by atoms with Crippen LogP contribution in [0.2, 0.25) is 0 Å². The van der Waals surface area contributed by atoms with Crippen LogP contribution in [-0.4, -0.2) is 43.6 Å². The van der Waals surface area contributed by atoms with Crippen molar-refractivity contribution in [1.29, 1.82) is 0 Å². The van der Waals surface area contributed by atoms with E-state index in [1.807, 2.05) is 45.3 Å². The van der Waals surface area contributed by atoms with Gasteiger partial charge in [0.1, 0.15) is 12.4 Å². The van der Waals surface area contributed by atoms with Crippen LogP contribution in [0, 0.1) is 0 Å². The van der Waals surface area contributed by atoms with Gasteiger partial charge in [-0.3, -0.25) is 4.79 Å². The van der Waals surface area contributed by atoms with Crippen molar-refractivity contribution in [2.45, 2.75) is 38.8 Å². The molecule has 0 saturated heterocycles. The van der Waals surface area contributed by atoms with Gasteiger partial charge in [0, 0.05) is 13.1 Å². The largest absolute Gasteiger partial charge is 0.492 e. The predicted molar refractivity (Wildman–Crippen MR) is 97.1 cm³/mol. The van der Waals surface area contributed by atoms with Gasteiger partial charge in [0.2, 0.25) is 5.91 Å². The molecule has 5 nitrogen and oxygen atoms in total. The molecular formula is C17H30ClN3O2. The van der Waals surface area contributed by atoms with Gasteiger partial charge < -0.3 is 20.7 Å². The van der Waals surface area contributed by atoms with Crippen molar-refractivity contribution >= 4 is 18.3 Å². The second-order valence-electron chi connectivity index (χ2n) is 6.15. The molecule has 132 valence electrons. The van der Waals surface area contributed by atoms with E-state index in [4.69, 9.17) is 10.5 Å². The molecule has 6 heteroatoms. The Labute approximate surface area is 146 Å². The lowest BCUT2D eigenvalue weighted by molar-refractivity contribution is -0.126. The second kappa shape index (κ2) is 10.5. The first-order valence-electron chi connectivity index (χ1n) is 7.79. The second-order valence-corrected chi connectivity index (χ2v) is 6.15. The van der Waals surface area contributed by atoms with E-state index in [2.05, 4.69) is 10.2 Å². The zero-order valence-corrected chi connectivity index (χ0v) is 15.4. The van der Waals surface area contributed by atoms with Crippen molar-refractivity contribution in [2.24, 2.45) is 5.73 Å². The van der Waals surface area contributed by atoms with Crippen LogP contribution in [0.25, 0.3) is 0 Å². The van der Waals surface area contributed by atoms with Crippen molar-refractivity contribution in [2.75, 3.05) is 27.2 Å². The minimum atomic E-state index is -0.802. The number of carbonyl (C=O) groups is 1. The smallest absolute Gasteiger partial charge is 0.240 e. The summed E-state index contributed by atoms with van der Waals surface area (Å²) in [7, 11) is 4.03. The molecule has 1 atom stereocenters. The first-order valence-corrected chi connectivity index (χ1v) is 7.79. The monoisotopic (exact) mass is 343 g/mol. The maximum Gasteiger partial charge on any atom is 0.240 e. The summed E-state index contributed by atoms with van der Waals surface area (Å²) in [6, 6.07) is 7.76. The normalized spacial score (nSPS) is 13.1. The van der Waals surface area contributed by atoms with Crippen LogP contribution in [0.15, 0.2) is 24.3 Å². The summed E-state index contributed by atoms with van der Waals surface area (Å²) >= 11 is 0. The average Bonchev–Trinajstić information content (AvgIpc) is 2.45. The fourth-order valence-corrected chi connectivity index (χ4v) is 2.07. The number of amides is 1. The van der Waals surface area contributed by atoms with Gasteiger partial charge in [-0.15, -0.1) is 12.4 Å². The van der Waals surface area contributed by atoms with Crippen LogP contribution in [0.4, 0.5) is 0 Å². The molecule has 0 bridgehead atoms. The van der Waals surface area contributed by atoms with E-state index in [0.717, 1.165) is 24.3 Å². The standard InChI is InChI=1S/C17H29N3O2.ClH/c1-5-10-17(2,18)16(21)19-13-14-6-8-15(9-7-14)22-12-11-20(3)4;/h6-9H,5,10-13,18H2,1-4H3,(H,19,21);1H. The third-order valence-corrected chi connectivity index (χ3v) is 3.47. The summed E-state index contributed by atoms with van der Waals surface area (Å²) in [5.41, 5.74) is 6.23. The lowest BCUT2D eigenvalue weighted by Crippen LogP contribution is -2.51. The van der Waals surface area contributed by atoms with E-state index >= 15 is 0 Å². The van der Waals surface area contributed by atoms with Crippen LogP contribution in [0.1, 0.15) is 32.3 Å². The third-order valence-electron chi connectivity index (χ3n) is 3.47. The van der Waals surface area contributed by atoms with Gasteiger partial charge in [-0.1, -0.05) is 25.5 Å². The van der Waals surface area contributed by atoms with Crippen molar-refractivity contribution in [3.05, 3.63) is 29.8 Å². The molecule has 23 heavy (non-hydrogen) atoms. The first-order chi connectivity index (χ1) is 10.3. The fraction of sp³-hybridized carbons (Fsp3) is 0.588. The molecule has 1 unspecified atom stereocenters. The fourth-order valence-electron chi connectivity index (χ4n) is 2.07. The van der Waals surface area contributed by atoms with Gasteiger partial charge in [-0.05, 0) is 45.1 Å². The Morgan fingerprint density at radius 2 is 1.91 bits per heavy atom. The van der Waals surface area contributed by atoms with E-state index in [0.29, 0.717) is 19.6 Å². The Bertz CT molecular complexity index is 461. The van der Waals surface area contributed by atoms with E-state index in [1.165, 1.54) is 0 Å². The van der Waals surface area contributed by atoms with E-state index < -0.39 is 5.54 Å². The molecule has 0 radical (unpaired) electrons. The summed E-state index contributed by atoms with van der Waals surface area (Å²) in [6.45, 7) is 5.81. The maximum absolute atomic E-state index is 12.0. The summed E-state index contributed by atoms with van der Waals surface area (Å²) in [4.78, 5) is 14.1. The average molecular weight is 344 g/mol. The number of halogens is 1. The van der Waals surface area contributed by atoms with Gasteiger partial charge in [0.05, 0.1) is 5.54 Å². The summed E-state index contributed by atoms with van der Waals surface area (Å²) in [5.74, 6) is 0.729. The highest BCUT2D eigenvalue weighted by atomic mass is 35.5. The number of nitrogens with one attached hydrogen (secondary N) is 1. The van der Waals surface area contributed by atoms with Crippen molar-refractivity contribution in [3.63, 3.8) is 0 Å². The van der Waals surface area contributed by atoms with E-state index in [1.54, 1.807) is 6.92 Å². The number of nitrogens with zero attached hydrogens (tertiary/aromatic N) is 1. The van der Waals surface area contributed by atoms with Crippen LogP contribution < -0.4 is 15.8 Å². The number of rotatable bonds is 9. The lowest BCUT2D eigenvalue weighted by atomic mass is 9.96.